The van der Waals surface area contributed by atoms with Gasteiger partial charge in [-0.05, 0) is 25.5 Å². The molecule has 0 aliphatic heterocycles. The Morgan fingerprint density at radius 3 is 3.05 bits per heavy atom. The van der Waals surface area contributed by atoms with Crippen LogP contribution in [0.2, 0.25) is 0 Å². The van der Waals surface area contributed by atoms with Crippen LogP contribution < -0.4 is 5.32 Å². The van der Waals surface area contributed by atoms with Gasteiger partial charge < -0.3 is 10.1 Å². The standard InChI is InChI=1S/C15H20N2OS/c1-3-4-10-18-11-9-16-12(2)15-17-13-7-5-6-8-14(13)19-15/h3,5-8,12,16H,1,4,9-11H2,2H3. The van der Waals surface area contributed by atoms with Crippen LogP contribution in [0.15, 0.2) is 36.9 Å². The van der Waals surface area contributed by atoms with Crippen molar-refractivity contribution in [3.63, 3.8) is 0 Å². The van der Waals surface area contributed by atoms with Crippen LogP contribution in [0.5, 0.6) is 0 Å². The molecular formula is C15H20N2OS. The highest BCUT2D eigenvalue weighted by Gasteiger charge is 2.10. The Kier molecular flexibility index (Phi) is 5.51. The van der Waals surface area contributed by atoms with Gasteiger partial charge in [-0.25, -0.2) is 4.98 Å². The van der Waals surface area contributed by atoms with Gasteiger partial charge in [-0.1, -0.05) is 18.2 Å². The third kappa shape index (κ3) is 4.13. The number of ether oxygens (including phenoxy) is 1. The lowest BCUT2D eigenvalue weighted by molar-refractivity contribution is 0.138. The largest absolute Gasteiger partial charge is 0.380 e. The summed E-state index contributed by atoms with van der Waals surface area (Å²) < 4.78 is 6.71. The number of nitrogens with zero attached hydrogens (tertiary/aromatic N) is 1. The van der Waals surface area contributed by atoms with Crippen LogP contribution in [0.3, 0.4) is 0 Å². The minimum Gasteiger partial charge on any atom is -0.380 e. The van der Waals surface area contributed by atoms with E-state index in [9.17, 15) is 0 Å². The maximum atomic E-state index is 5.47. The molecule has 3 nitrogen and oxygen atoms in total. The van der Waals surface area contributed by atoms with Gasteiger partial charge >= 0.3 is 0 Å². The van der Waals surface area contributed by atoms with Crippen molar-refractivity contribution in [2.75, 3.05) is 19.8 Å². The van der Waals surface area contributed by atoms with Crippen LogP contribution in [-0.4, -0.2) is 24.7 Å². The van der Waals surface area contributed by atoms with E-state index >= 15 is 0 Å². The fraction of sp³-hybridized carbons (Fsp3) is 0.400. The minimum absolute atomic E-state index is 0.264. The minimum atomic E-state index is 0.264. The second kappa shape index (κ2) is 7.38. The van der Waals surface area contributed by atoms with E-state index in [1.807, 2.05) is 12.1 Å². The molecule has 102 valence electrons. The molecule has 1 N–H and O–H groups in total. The molecule has 1 aromatic heterocycles. The molecule has 1 unspecified atom stereocenters. The first kappa shape index (κ1) is 14.2. The molecule has 0 bridgehead atoms. The Morgan fingerprint density at radius 1 is 1.42 bits per heavy atom. The first-order chi connectivity index (χ1) is 9.31. The van der Waals surface area contributed by atoms with Crippen molar-refractivity contribution < 1.29 is 4.74 Å². The van der Waals surface area contributed by atoms with E-state index in [2.05, 4.69) is 42.0 Å². The van der Waals surface area contributed by atoms with Crippen molar-refractivity contribution in [3.05, 3.63) is 41.9 Å². The molecular weight excluding hydrogens is 256 g/mol. The molecule has 19 heavy (non-hydrogen) atoms. The van der Waals surface area contributed by atoms with Crippen molar-refractivity contribution >= 4 is 21.6 Å². The van der Waals surface area contributed by atoms with Gasteiger partial charge in [-0.2, -0.15) is 0 Å². The lowest BCUT2D eigenvalue weighted by atomic mass is 10.3. The highest BCUT2D eigenvalue weighted by Crippen LogP contribution is 2.25. The van der Waals surface area contributed by atoms with E-state index in [4.69, 9.17) is 4.74 Å². The second-order valence-corrected chi connectivity index (χ2v) is 5.45. The Labute approximate surface area is 118 Å². The summed E-state index contributed by atoms with van der Waals surface area (Å²) in [6.45, 7) is 8.12. The van der Waals surface area contributed by atoms with Crippen LogP contribution in [0.4, 0.5) is 0 Å². The topological polar surface area (TPSA) is 34.1 Å². The Morgan fingerprint density at radius 2 is 2.26 bits per heavy atom. The fourth-order valence-electron chi connectivity index (χ4n) is 1.78. The van der Waals surface area contributed by atoms with Gasteiger partial charge in [0.15, 0.2) is 0 Å². The molecule has 0 spiro atoms. The third-order valence-electron chi connectivity index (χ3n) is 2.84. The predicted octanol–water partition coefficient (Wildman–Crippen LogP) is 3.54. The molecule has 0 aliphatic carbocycles. The van der Waals surface area contributed by atoms with Crippen molar-refractivity contribution in [1.29, 1.82) is 0 Å². The number of hydrogen-bond donors (Lipinski definition) is 1. The lowest BCUT2D eigenvalue weighted by Crippen LogP contribution is -2.23. The van der Waals surface area contributed by atoms with Crippen LogP contribution in [-0.2, 0) is 4.74 Å². The first-order valence-electron chi connectivity index (χ1n) is 6.58. The molecule has 0 radical (unpaired) electrons. The highest BCUT2D eigenvalue weighted by atomic mass is 32.1. The molecule has 0 saturated carbocycles. The van der Waals surface area contributed by atoms with Crippen LogP contribution in [0, 0.1) is 0 Å². The van der Waals surface area contributed by atoms with E-state index < -0.39 is 0 Å². The van der Waals surface area contributed by atoms with Gasteiger partial charge in [0.25, 0.3) is 0 Å². The summed E-state index contributed by atoms with van der Waals surface area (Å²) in [5, 5.41) is 4.57. The van der Waals surface area contributed by atoms with Crippen molar-refractivity contribution in [3.8, 4) is 0 Å². The molecule has 0 aliphatic rings. The summed E-state index contributed by atoms with van der Waals surface area (Å²) >= 11 is 1.75. The van der Waals surface area contributed by atoms with Gasteiger partial charge in [0.05, 0.1) is 29.5 Å². The maximum Gasteiger partial charge on any atom is 0.111 e. The lowest BCUT2D eigenvalue weighted by Gasteiger charge is -2.10. The number of benzene rings is 1. The normalized spacial score (nSPS) is 12.7. The number of nitrogens with one attached hydrogen (secondary N) is 1. The van der Waals surface area contributed by atoms with Crippen molar-refractivity contribution in [2.45, 2.75) is 19.4 Å². The zero-order valence-corrected chi connectivity index (χ0v) is 12.1. The number of hydrogen-bond acceptors (Lipinski definition) is 4. The summed E-state index contributed by atoms with van der Waals surface area (Å²) in [6, 6.07) is 8.51. The Hall–Kier alpha value is -1.23. The Balaban J connectivity index is 1.79. The van der Waals surface area contributed by atoms with E-state index in [0.29, 0.717) is 0 Å². The number of rotatable bonds is 8. The molecule has 0 fully saturated rings. The molecule has 0 amide bonds. The van der Waals surface area contributed by atoms with E-state index in [-0.39, 0.29) is 6.04 Å². The van der Waals surface area contributed by atoms with Gasteiger partial charge in [-0.3, -0.25) is 0 Å². The number of fused-ring (bicyclic) bond motifs is 1. The quantitative estimate of drug-likeness (QED) is 0.591. The summed E-state index contributed by atoms with van der Waals surface area (Å²) in [4.78, 5) is 4.64. The third-order valence-corrected chi connectivity index (χ3v) is 4.06. The molecule has 1 aromatic carbocycles. The fourth-order valence-corrected chi connectivity index (χ4v) is 2.77. The zero-order chi connectivity index (χ0) is 13.5. The summed E-state index contributed by atoms with van der Waals surface area (Å²) in [5.41, 5.74) is 1.08. The summed E-state index contributed by atoms with van der Waals surface area (Å²) in [7, 11) is 0. The number of para-hydroxylation sites is 1. The first-order valence-corrected chi connectivity index (χ1v) is 7.40. The Bertz CT molecular complexity index is 491. The zero-order valence-electron chi connectivity index (χ0n) is 11.3. The van der Waals surface area contributed by atoms with Gasteiger partial charge in [0, 0.05) is 6.54 Å². The van der Waals surface area contributed by atoms with Crippen LogP contribution in [0.25, 0.3) is 10.2 Å². The van der Waals surface area contributed by atoms with Gasteiger partial charge in [-0.15, -0.1) is 17.9 Å². The van der Waals surface area contributed by atoms with E-state index in [1.165, 1.54) is 4.70 Å². The molecule has 2 rings (SSSR count). The molecule has 2 aromatic rings. The molecule has 0 saturated heterocycles. The summed E-state index contributed by atoms with van der Waals surface area (Å²) in [6.07, 6.45) is 2.78. The van der Waals surface area contributed by atoms with Crippen LogP contribution in [0.1, 0.15) is 24.4 Å². The summed E-state index contributed by atoms with van der Waals surface area (Å²) in [5.74, 6) is 0. The SMILES string of the molecule is C=CCCOCCNC(C)c1nc2ccccc2s1. The van der Waals surface area contributed by atoms with E-state index in [1.54, 1.807) is 11.3 Å². The van der Waals surface area contributed by atoms with Crippen molar-refractivity contribution in [1.82, 2.24) is 10.3 Å². The predicted molar refractivity (Wildman–Crippen MR) is 81.7 cm³/mol. The maximum absolute atomic E-state index is 5.47. The second-order valence-electron chi connectivity index (χ2n) is 4.39. The number of aromatic nitrogens is 1. The average molecular weight is 276 g/mol. The van der Waals surface area contributed by atoms with Crippen molar-refractivity contribution in [2.24, 2.45) is 0 Å². The molecule has 1 heterocycles. The average Bonchev–Trinajstić information content (AvgIpc) is 2.86. The van der Waals surface area contributed by atoms with Crippen LogP contribution >= 0.6 is 11.3 Å². The number of thiazole rings is 1. The van der Waals surface area contributed by atoms with Gasteiger partial charge in [0.1, 0.15) is 5.01 Å². The monoisotopic (exact) mass is 276 g/mol. The van der Waals surface area contributed by atoms with E-state index in [0.717, 1.165) is 36.7 Å². The highest BCUT2D eigenvalue weighted by molar-refractivity contribution is 7.18. The van der Waals surface area contributed by atoms with Gasteiger partial charge in [0.2, 0.25) is 0 Å². The smallest absolute Gasteiger partial charge is 0.111 e. The molecule has 1 atom stereocenters. The molecule has 4 heteroatoms.